The molecular weight excluding hydrogens is 386 g/mol. The van der Waals surface area contributed by atoms with Crippen LogP contribution in [0.3, 0.4) is 0 Å². The van der Waals surface area contributed by atoms with Crippen LogP contribution in [0.25, 0.3) is 10.9 Å². The summed E-state index contributed by atoms with van der Waals surface area (Å²) in [5.41, 5.74) is 3.52. The Labute approximate surface area is 184 Å². The molecule has 31 heavy (non-hydrogen) atoms. The quantitative estimate of drug-likeness (QED) is 0.631. The number of benzene rings is 1. The molecule has 5 rings (SSSR count). The topological polar surface area (TPSA) is 54.4 Å². The van der Waals surface area contributed by atoms with E-state index < -0.39 is 0 Å². The molecule has 4 heterocycles. The number of hydrogen-bond donors (Lipinski definition) is 0. The first kappa shape index (κ1) is 20.3. The van der Waals surface area contributed by atoms with Gasteiger partial charge in [-0.2, -0.15) is 0 Å². The minimum Gasteiger partial charge on any atom is -0.380 e. The average molecular weight is 418 g/mol. The second kappa shape index (κ2) is 9.71. The molecule has 0 saturated carbocycles. The Hall–Kier alpha value is -2.57. The van der Waals surface area contributed by atoms with Crippen LogP contribution in [-0.2, 0) is 17.7 Å². The molecule has 6 nitrogen and oxygen atoms in total. The van der Waals surface area contributed by atoms with E-state index in [9.17, 15) is 0 Å². The van der Waals surface area contributed by atoms with Crippen molar-refractivity contribution >= 4 is 16.9 Å². The van der Waals surface area contributed by atoms with Gasteiger partial charge in [0.2, 0.25) is 5.95 Å². The number of anilines is 1. The maximum absolute atomic E-state index is 5.98. The number of piperidine rings is 1. The summed E-state index contributed by atoms with van der Waals surface area (Å²) in [6, 6.07) is 12.7. The minimum absolute atomic E-state index is 0.443. The van der Waals surface area contributed by atoms with Gasteiger partial charge in [-0.1, -0.05) is 24.3 Å². The van der Waals surface area contributed by atoms with E-state index in [2.05, 4.69) is 50.1 Å². The lowest BCUT2D eigenvalue weighted by atomic mass is 9.97. The zero-order chi connectivity index (χ0) is 20.9. The fourth-order valence-electron chi connectivity index (χ4n) is 4.81. The van der Waals surface area contributed by atoms with Crippen LogP contribution in [-0.4, -0.2) is 59.2 Å². The number of rotatable bonds is 5. The van der Waals surface area contributed by atoms with E-state index in [0.717, 1.165) is 69.5 Å². The van der Waals surface area contributed by atoms with Gasteiger partial charge >= 0.3 is 0 Å². The van der Waals surface area contributed by atoms with E-state index in [1.54, 1.807) is 0 Å². The maximum atomic E-state index is 5.98. The third-order valence-electron chi connectivity index (χ3n) is 6.37. The van der Waals surface area contributed by atoms with Crippen molar-refractivity contribution in [2.24, 2.45) is 5.92 Å². The number of fused-ring (bicyclic) bond motifs is 1. The van der Waals surface area contributed by atoms with Gasteiger partial charge in [0.05, 0.1) is 24.4 Å². The minimum atomic E-state index is 0.443. The molecule has 2 saturated heterocycles. The van der Waals surface area contributed by atoms with Crippen molar-refractivity contribution in [2.75, 3.05) is 44.3 Å². The van der Waals surface area contributed by atoms with Crippen LogP contribution in [0.1, 0.15) is 30.5 Å². The number of aromatic nitrogens is 3. The molecule has 2 aliphatic heterocycles. The highest BCUT2D eigenvalue weighted by Crippen LogP contribution is 2.22. The first-order valence-corrected chi connectivity index (χ1v) is 11.5. The van der Waals surface area contributed by atoms with Crippen LogP contribution in [0.2, 0.25) is 0 Å². The van der Waals surface area contributed by atoms with Crippen LogP contribution in [0.4, 0.5) is 5.95 Å². The molecule has 1 atom stereocenters. The van der Waals surface area contributed by atoms with Crippen molar-refractivity contribution in [3.63, 3.8) is 0 Å². The number of hydrogen-bond acceptors (Lipinski definition) is 6. The summed E-state index contributed by atoms with van der Waals surface area (Å²) in [6.07, 6.45) is 8.57. The van der Waals surface area contributed by atoms with E-state index in [1.165, 1.54) is 30.2 Å². The Balaban J connectivity index is 1.27. The molecule has 162 valence electrons. The van der Waals surface area contributed by atoms with Crippen molar-refractivity contribution in [3.05, 3.63) is 60.0 Å². The van der Waals surface area contributed by atoms with Crippen molar-refractivity contribution in [3.8, 4) is 0 Å². The molecule has 6 heteroatoms. The predicted molar refractivity (Wildman–Crippen MR) is 123 cm³/mol. The van der Waals surface area contributed by atoms with E-state index in [4.69, 9.17) is 9.72 Å². The Morgan fingerprint density at radius 3 is 2.77 bits per heavy atom. The monoisotopic (exact) mass is 417 g/mol. The van der Waals surface area contributed by atoms with Gasteiger partial charge in [-0.05, 0) is 49.3 Å². The molecule has 0 amide bonds. The zero-order valence-corrected chi connectivity index (χ0v) is 18.1. The van der Waals surface area contributed by atoms with E-state index in [1.807, 2.05) is 18.5 Å². The second-order valence-corrected chi connectivity index (χ2v) is 8.77. The fraction of sp³-hybridized carbons (Fsp3) is 0.480. The van der Waals surface area contributed by atoms with Gasteiger partial charge in [-0.3, -0.25) is 9.88 Å². The summed E-state index contributed by atoms with van der Waals surface area (Å²) in [5, 5.41) is 1.21. The summed E-state index contributed by atoms with van der Waals surface area (Å²) >= 11 is 0. The summed E-state index contributed by atoms with van der Waals surface area (Å²) in [7, 11) is 0. The summed E-state index contributed by atoms with van der Waals surface area (Å²) < 4.78 is 5.98. The van der Waals surface area contributed by atoms with E-state index in [0.29, 0.717) is 5.92 Å². The Kier molecular flexibility index (Phi) is 6.37. The smallest absolute Gasteiger partial charge is 0.225 e. The lowest BCUT2D eigenvalue weighted by molar-refractivity contribution is 0.122. The molecule has 0 unspecified atom stereocenters. The predicted octanol–water partition coefficient (Wildman–Crippen LogP) is 3.71. The first-order chi connectivity index (χ1) is 15.3. The highest BCUT2D eigenvalue weighted by molar-refractivity contribution is 5.81. The molecule has 3 aromatic rings. The fourth-order valence-corrected chi connectivity index (χ4v) is 4.81. The second-order valence-electron chi connectivity index (χ2n) is 8.77. The zero-order valence-electron chi connectivity index (χ0n) is 18.1. The van der Waals surface area contributed by atoms with Crippen molar-refractivity contribution in [1.82, 2.24) is 19.9 Å². The Bertz CT molecular complexity index is 999. The molecule has 2 aromatic heterocycles. The van der Waals surface area contributed by atoms with Gasteiger partial charge in [-0.15, -0.1) is 0 Å². The molecular formula is C25H31N5O. The summed E-state index contributed by atoms with van der Waals surface area (Å²) in [4.78, 5) is 18.9. The van der Waals surface area contributed by atoms with Crippen LogP contribution >= 0.6 is 0 Å². The third kappa shape index (κ3) is 5.02. The van der Waals surface area contributed by atoms with Crippen molar-refractivity contribution in [1.29, 1.82) is 0 Å². The molecule has 2 fully saturated rings. The lowest BCUT2D eigenvalue weighted by Gasteiger charge is -2.27. The molecule has 0 N–H and O–H groups in total. The van der Waals surface area contributed by atoms with E-state index in [-0.39, 0.29) is 0 Å². The molecule has 0 aliphatic carbocycles. The number of pyridine rings is 1. The third-order valence-corrected chi connectivity index (χ3v) is 6.37. The number of para-hydroxylation sites is 1. The Morgan fingerprint density at radius 2 is 1.84 bits per heavy atom. The highest BCUT2D eigenvalue weighted by atomic mass is 16.5. The molecule has 0 bridgehead atoms. The standard InChI is InChI=1S/C25H31N5O/c1-2-12-30(13-3-1)25-27-11-9-23(28-25)18-29-14-15-31-19-20(17-29)16-22-7-4-6-21-8-5-10-26-24(21)22/h4-11,20H,1-3,12-19H2/t20-/m1/s1. The molecule has 1 aromatic carbocycles. The summed E-state index contributed by atoms with van der Waals surface area (Å²) in [6.45, 7) is 6.50. The molecule has 2 aliphatic rings. The van der Waals surface area contributed by atoms with Gasteiger partial charge in [0.25, 0.3) is 0 Å². The van der Waals surface area contributed by atoms with Crippen LogP contribution in [0.5, 0.6) is 0 Å². The number of ether oxygens (including phenoxy) is 1. The summed E-state index contributed by atoms with van der Waals surface area (Å²) in [5.74, 6) is 1.33. The normalized spacial score (nSPS) is 20.6. The largest absolute Gasteiger partial charge is 0.380 e. The van der Waals surface area contributed by atoms with Gasteiger partial charge in [-0.25, -0.2) is 9.97 Å². The highest BCUT2D eigenvalue weighted by Gasteiger charge is 2.21. The van der Waals surface area contributed by atoms with Crippen LogP contribution in [0.15, 0.2) is 48.8 Å². The molecule has 0 radical (unpaired) electrons. The number of nitrogens with zero attached hydrogens (tertiary/aromatic N) is 5. The maximum Gasteiger partial charge on any atom is 0.225 e. The van der Waals surface area contributed by atoms with E-state index >= 15 is 0 Å². The van der Waals surface area contributed by atoms with Gasteiger partial charge in [0.1, 0.15) is 0 Å². The lowest BCUT2D eigenvalue weighted by Crippen LogP contribution is -2.33. The van der Waals surface area contributed by atoms with Crippen LogP contribution < -0.4 is 4.90 Å². The molecule has 0 spiro atoms. The van der Waals surface area contributed by atoms with Crippen molar-refractivity contribution < 1.29 is 4.74 Å². The van der Waals surface area contributed by atoms with Crippen LogP contribution in [0, 0.1) is 5.92 Å². The van der Waals surface area contributed by atoms with Crippen molar-refractivity contribution in [2.45, 2.75) is 32.2 Å². The Morgan fingerprint density at radius 1 is 0.935 bits per heavy atom. The van der Waals surface area contributed by atoms with Gasteiger partial charge < -0.3 is 9.64 Å². The van der Waals surface area contributed by atoms with Gasteiger partial charge in [0, 0.05) is 50.5 Å². The SMILES string of the molecule is c1cnc2c(C[C@H]3COCCN(Cc4ccnc(N5CCCCC5)n4)C3)cccc2c1. The van der Waals surface area contributed by atoms with Gasteiger partial charge in [0.15, 0.2) is 0 Å². The average Bonchev–Trinajstić information content (AvgIpc) is 3.05. The first-order valence-electron chi connectivity index (χ1n) is 11.5.